The Hall–Kier alpha value is -4.66. The van der Waals surface area contributed by atoms with Crippen LogP contribution in [-0.4, -0.2) is 83.7 Å². The lowest BCUT2D eigenvalue weighted by Gasteiger charge is -2.47. The number of rotatable bonds is 13. The van der Waals surface area contributed by atoms with Gasteiger partial charge in [-0.05, 0) is 131 Å². The molecule has 5 heterocycles. The molecule has 10 rings (SSSR count). The van der Waals surface area contributed by atoms with Gasteiger partial charge in [-0.3, -0.25) is 15.8 Å². The normalized spacial score (nSPS) is 29.6. The number of thiazole rings is 1. The monoisotopic (exact) mass is 807 g/mol. The minimum absolute atomic E-state index is 0.0503. The fraction of sp³-hybridized carbons (Fsp3) is 0.545. The van der Waals surface area contributed by atoms with E-state index in [9.17, 15) is 9.90 Å². The number of methoxy groups -OCH3 is 1. The summed E-state index contributed by atoms with van der Waals surface area (Å²) >= 11 is 1.57. The fourth-order valence-electron chi connectivity index (χ4n) is 11.8. The van der Waals surface area contributed by atoms with Gasteiger partial charge in [0.25, 0.3) is 0 Å². The molecule has 2 atom stereocenters. The van der Waals surface area contributed by atoms with Gasteiger partial charge in [0.15, 0.2) is 10.8 Å². The number of carboxylic acid groups (broad SMARTS) is 1. The molecular formula is C44H57N9O4S. The molecule has 2 aromatic heterocycles. The zero-order valence-corrected chi connectivity index (χ0v) is 35.3. The van der Waals surface area contributed by atoms with Crippen molar-refractivity contribution in [2.24, 2.45) is 27.0 Å². The third kappa shape index (κ3) is 6.70. The lowest BCUT2D eigenvalue weighted by molar-refractivity contribution is -0.113. The standard InChI is InChI=1S/C44H57N9O4S/c1-27-30-9-8-16-53(38(30)51-50-37(27)49-40-47-33-19-29(56-5)10-12-34(33)58-40)35-13-11-31(36(48-35)39(54)55)32(20-45)28(2)46-26-43-21-41(3)23-44(25-43,24-42(41,4)22-43)57-18-17-52-14-6-7-15-52/h10-13,19-20,50-51H,6-9,14-18,21-26,45H2,1-5H3,(H,47,49)(H,54,55)/b32-20+,46-28?. The molecule has 1 saturated heterocycles. The number of fused-ring (bicyclic) bond motifs is 1. The van der Waals surface area contributed by atoms with Crippen LogP contribution in [0, 0.1) is 16.2 Å². The number of hydrogen-bond acceptors (Lipinski definition) is 13. The number of aromatic nitrogens is 2. The number of benzene rings is 1. The Morgan fingerprint density at radius 1 is 1.05 bits per heavy atom. The van der Waals surface area contributed by atoms with E-state index in [1.807, 2.05) is 42.2 Å². The van der Waals surface area contributed by atoms with Crippen LogP contribution in [0.2, 0.25) is 0 Å². The third-order valence-electron chi connectivity index (χ3n) is 14.3. The van der Waals surface area contributed by atoms with E-state index in [1.54, 1.807) is 18.4 Å². The molecule has 6 N–H and O–H groups in total. The van der Waals surface area contributed by atoms with Gasteiger partial charge in [-0.25, -0.2) is 14.8 Å². The summed E-state index contributed by atoms with van der Waals surface area (Å²) in [6.07, 6.45) is 11.4. The second kappa shape index (κ2) is 14.6. The molecule has 13 nitrogen and oxygen atoms in total. The van der Waals surface area contributed by atoms with Crippen LogP contribution in [-0.2, 0) is 4.74 Å². The predicted molar refractivity (Wildman–Crippen MR) is 230 cm³/mol. The zero-order chi connectivity index (χ0) is 40.5. The largest absolute Gasteiger partial charge is 0.497 e. The average Bonchev–Trinajstić information content (AvgIpc) is 3.93. The van der Waals surface area contributed by atoms with Gasteiger partial charge in [-0.1, -0.05) is 25.2 Å². The van der Waals surface area contributed by atoms with Crippen molar-refractivity contribution in [3.05, 3.63) is 70.6 Å². The minimum Gasteiger partial charge on any atom is -0.497 e. The Morgan fingerprint density at radius 3 is 2.55 bits per heavy atom. The van der Waals surface area contributed by atoms with E-state index in [2.05, 4.69) is 41.8 Å². The second-order valence-electron chi connectivity index (χ2n) is 18.2. The van der Waals surface area contributed by atoms with Crippen LogP contribution in [0.1, 0.15) is 102 Å². The van der Waals surface area contributed by atoms with Gasteiger partial charge < -0.3 is 35.4 Å². The molecule has 0 radical (unpaired) electrons. The van der Waals surface area contributed by atoms with E-state index >= 15 is 0 Å². The molecule has 1 aromatic carbocycles. The van der Waals surface area contributed by atoms with Crippen LogP contribution in [0.15, 0.2) is 64.3 Å². The van der Waals surface area contributed by atoms with Crippen LogP contribution in [0.25, 0.3) is 15.8 Å². The number of hydrogen-bond donors (Lipinski definition) is 5. The van der Waals surface area contributed by atoms with Gasteiger partial charge in [0, 0.05) is 54.3 Å². The molecule has 4 bridgehead atoms. The number of nitrogens with two attached hydrogens (primary N) is 1. The van der Waals surface area contributed by atoms with Crippen molar-refractivity contribution in [1.29, 1.82) is 0 Å². The van der Waals surface area contributed by atoms with E-state index < -0.39 is 5.97 Å². The first kappa shape index (κ1) is 38.8. The highest BCUT2D eigenvalue weighted by Gasteiger charge is 2.73. The van der Waals surface area contributed by atoms with Gasteiger partial charge in [-0.2, -0.15) is 0 Å². The number of likely N-dealkylation sites (tertiary alicyclic amines) is 1. The fourth-order valence-corrected chi connectivity index (χ4v) is 12.7. The van der Waals surface area contributed by atoms with Crippen molar-refractivity contribution in [2.75, 3.05) is 56.7 Å². The van der Waals surface area contributed by atoms with E-state index in [-0.39, 0.29) is 27.5 Å². The number of hydrazine groups is 1. The lowest BCUT2D eigenvalue weighted by atomic mass is 9.64. The highest BCUT2D eigenvalue weighted by atomic mass is 32.1. The molecule has 0 spiro atoms. The van der Waals surface area contributed by atoms with Gasteiger partial charge in [0.1, 0.15) is 23.2 Å². The molecule has 3 aromatic rings. The molecule has 7 aliphatic rings. The molecule has 14 heteroatoms. The summed E-state index contributed by atoms with van der Waals surface area (Å²) in [5, 5.41) is 14.8. The smallest absolute Gasteiger partial charge is 0.355 e. The van der Waals surface area contributed by atoms with Gasteiger partial charge in [0.05, 0.1) is 29.5 Å². The Labute approximate surface area is 344 Å². The van der Waals surface area contributed by atoms with E-state index in [4.69, 9.17) is 30.2 Å². The van der Waals surface area contributed by atoms with Crippen molar-refractivity contribution in [2.45, 2.75) is 91.1 Å². The van der Waals surface area contributed by atoms with Crippen LogP contribution in [0.3, 0.4) is 0 Å². The van der Waals surface area contributed by atoms with Crippen molar-refractivity contribution in [1.82, 2.24) is 25.7 Å². The highest BCUT2D eigenvalue weighted by molar-refractivity contribution is 7.22. The quantitative estimate of drug-likeness (QED) is 0.110. The maximum atomic E-state index is 12.9. The van der Waals surface area contributed by atoms with Crippen LogP contribution in [0.4, 0.5) is 10.9 Å². The van der Waals surface area contributed by atoms with Crippen molar-refractivity contribution in [3.8, 4) is 5.75 Å². The lowest BCUT2D eigenvalue weighted by Crippen LogP contribution is -2.47. The molecule has 4 saturated carbocycles. The Kier molecular flexibility index (Phi) is 9.75. The number of nitrogens with one attached hydrogen (secondary N) is 3. The molecule has 2 unspecified atom stereocenters. The van der Waals surface area contributed by atoms with Gasteiger partial charge >= 0.3 is 5.97 Å². The van der Waals surface area contributed by atoms with E-state index in [0.29, 0.717) is 30.0 Å². The minimum atomic E-state index is -1.11. The van der Waals surface area contributed by atoms with Crippen molar-refractivity contribution >= 4 is 49.8 Å². The van der Waals surface area contributed by atoms with E-state index in [0.717, 1.165) is 108 Å². The van der Waals surface area contributed by atoms with Crippen molar-refractivity contribution < 1.29 is 19.4 Å². The van der Waals surface area contributed by atoms with Gasteiger partial charge in [0.2, 0.25) is 0 Å². The number of ether oxygens (including phenoxy) is 2. The van der Waals surface area contributed by atoms with Crippen LogP contribution < -0.4 is 31.5 Å². The summed E-state index contributed by atoms with van der Waals surface area (Å²) in [5.41, 5.74) is 18.2. The van der Waals surface area contributed by atoms with Crippen LogP contribution >= 0.6 is 11.3 Å². The second-order valence-corrected chi connectivity index (χ2v) is 19.3. The first-order valence-electron chi connectivity index (χ1n) is 20.9. The molecular weight excluding hydrogens is 751 g/mol. The Bertz CT molecular complexity index is 2250. The molecule has 3 aliphatic heterocycles. The number of carbonyl (C=O) groups is 1. The Balaban J connectivity index is 0.932. The number of nitrogens with zero attached hydrogens (tertiary/aromatic N) is 5. The van der Waals surface area contributed by atoms with Crippen molar-refractivity contribution in [3.63, 3.8) is 0 Å². The van der Waals surface area contributed by atoms with Crippen LogP contribution in [0.5, 0.6) is 5.75 Å². The predicted octanol–water partition coefficient (Wildman–Crippen LogP) is 7.26. The molecule has 0 amide bonds. The topological polar surface area (TPSA) is 162 Å². The summed E-state index contributed by atoms with van der Waals surface area (Å²) < 4.78 is 13.3. The molecule has 5 fully saturated rings. The Morgan fingerprint density at radius 2 is 1.83 bits per heavy atom. The number of anilines is 2. The molecule has 308 valence electrons. The summed E-state index contributed by atoms with van der Waals surface area (Å²) in [6, 6.07) is 9.60. The third-order valence-corrected chi connectivity index (χ3v) is 15.3. The SMILES string of the molecule is COc1ccc2sc(NC3=C(C)C4=C(NN3)N(c3ccc(/C(=C/N)C(C)=NCC56CC7(OCCN8CCCC8)CC(C)(C5)C(C)(C6)C7)c(C(=O)O)n3)CCC4)nc2c1. The summed E-state index contributed by atoms with van der Waals surface area (Å²) in [6.45, 7) is 14.5. The molecule has 58 heavy (non-hydrogen) atoms. The summed E-state index contributed by atoms with van der Waals surface area (Å²) in [7, 11) is 1.65. The maximum absolute atomic E-state index is 12.9. The average molecular weight is 808 g/mol. The highest BCUT2D eigenvalue weighted by Crippen LogP contribution is 2.78. The number of allylic oxidation sites excluding steroid dienone is 3. The van der Waals surface area contributed by atoms with Gasteiger partial charge in [-0.15, -0.1) is 0 Å². The summed E-state index contributed by atoms with van der Waals surface area (Å²) in [5.74, 6) is 1.87. The van der Waals surface area contributed by atoms with E-state index in [1.165, 1.54) is 32.1 Å². The number of carboxylic acids is 1. The first-order chi connectivity index (χ1) is 27.8. The number of aliphatic imine (C=N–C) groups is 1. The number of pyridine rings is 1. The number of aromatic carboxylic acids is 1. The zero-order valence-electron chi connectivity index (χ0n) is 34.5. The maximum Gasteiger partial charge on any atom is 0.355 e. The first-order valence-corrected chi connectivity index (χ1v) is 21.7. The summed E-state index contributed by atoms with van der Waals surface area (Å²) in [4.78, 5) is 32.3. The molecule has 4 aliphatic carbocycles.